The molecule has 32 heavy (non-hydrogen) atoms. The van der Waals surface area contributed by atoms with Crippen LogP contribution in [0.15, 0.2) is 48.0 Å². The Balaban J connectivity index is 1.94. The van der Waals surface area contributed by atoms with Gasteiger partial charge in [-0.2, -0.15) is 0 Å². The highest BCUT2D eigenvalue weighted by molar-refractivity contribution is 6.33. The zero-order chi connectivity index (χ0) is 23.4. The van der Waals surface area contributed by atoms with Crippen molar-refractivity contribution in [2.45, 2.75) is 20.0 Å². The van der Waals surface area contributed by atoms with Crippen molar-refractivity contribution in [1.29, 1.82) is 0 Å². The van der Waals surface area contributed by atoms with Crippen LogP contribution in [0.2, 0.25) is 5.02 Å². The van der Waals surface area contributed by atoms with E-state index in [0.29, 0.717) is 5.69 Å². The number of carbonyl (C=O) groups is 3. The highest BCUT2D eigenvalue weighted by Gasteiger charge is 2.35. The van der Waals surface area contributed by atoms with Crippen LogP contribution in [0.4, 0.5) is 11.4 Å². The smallest absolute Gasteiger partial charge is 0.347 e. The summed E-state index contributed by atoms with van der Waals surface area (Å²) < 4.78 is 10.2. The zero-order valence-electron chi connectivity index (χ0n) is 17.0. The third-order valence-corrected chi connectivity index (χ3v) is 4.65. The largest absolute Gasteiger partial charge is 0.471 e. The van der Waals surface area contributed by atoms with Gasteiger partial charge in [-0.15, -0.1) is 0 Å². The summed E-state index contributed by atoms with van der Waals surface area (Å²) in [7, 11) is 0. The number of amides is 2. The Bertz CT molecular complexity index is 1120. The number of para-hydroxylation sites is 1. The molecule has 0 spiro atoms. The molecule has 1 fully saturated rings. The molecule has 1 saturated heterocycles. The molecular formula is C21H18ClN3O7. The molecular weight excluding hydrogens is 442 g/mol. The van der Waals surface area contributed by atoms with Gasteiger partial charge in [-0.05, 0) is 43.7 Å². The van der Waals surface area contributed by atoms with Gasteiger partial charge in [0, 0.05) is 6.07 Å². The lowest BCUT2D eigenvalue weighted by Gasteiger charge is -2.15. The highest BCUT2D eigenvalue weighted by atomic mass is 35.5. The van der Waals surface area contributed by atoms with E-state index < -0.39 is 34.5 Å². The molecule has 10 nitrogen and oxygen atoms in total. The lowest BCUT2D eigenvalue weighted by atomic mass is 10.1. The van der Waals surface area contributed by atoms with Crippen LogP contribution in [-0.4, -0.2) is 35.4 Å². The van der Waals surface area contributed by atoms with Crippen LogP contribution in [0.1, 0.15) is 19.4 Å². The van der Waals surface area contributed by atoms with Crippen molar-refractivity contribution < 1.29 is 28.8 Å². The Morgan fingerprint density at radius 3 is 2.59 bits per heavy atom. The van der Waals surface area contributed by atoms with Crippen molar-refractivity contribution in [2.24, 2.45) is 0 Å². The molecule has 2 amide bonds. The van der Waals surface area contributed by atoms with Crippen molar-refractivity contribution in [2.75, 3.05) is 11.6 Å². The summed E-state index contributed by atoms with van der Waals surface area (Å²) in [5.74, 6) is -2.34. The summed E-state index contributed by atoms with van der Waals surface area (Å²) in [6.07, 6.45) is 0.0508. The number of nitro benzene ring substituents is 1. The van der Waals surface area contributed by atoms with Gasteiger partial charge in [0.15, 0.2) is 6.10 Å². The minimum absolute atomic E-state index is 0.116. The monoisotopic (exact) mass is 459 g/mol. The average molecular weight is 460 g/mol. The molecule has 1 unspecified atom stereocenters. The summed E-state index contributed by atoms with van der Waals surface area (Å²) in [5.41, 5.74) is 2.26. The van der Waals surface area contributed by atoms with Gasteiger partial charge in [-0.25, -0.2) is 9.80 Å². The second-order valence-corrected chi connectivity index (χ2v) is 7.00. The Labute approximate surface area is 187 Å². The van der Waals surface area contributed by atoms with Crippen LogP contribution in [-0.2, 0) is 19.1 Å². The maximum atomic E-state index is 12.7. The van der Waals surface area contributed by atoms with Gasteiger partial charge in [-0.3, -0.25) is 25.1 Å². The Hall–Kier alpha value is -3.92. The summed E-state index contributed by atoms with van der Waals surface area (Å²) >= 11 is 6.18. The van der Waals surface area contributed by atoms with Crippen LogP contribution in [0.5, 0.6) is 5.75 Å². The summed E-state index contributed by atoms with van der Waals surface area (Å²) in [5, 5.41) is 12.5. The number of esters is 1. The van der Waals surface area contributed by atoms with E-state index in [2.05, 4.69) is 5.43 Å². The standard InChI is InChI=1S/C21H18ClN3O7/c1-3-31-21(28)12(2)32-18-16(22)10-13(11-17(18)25(29)30)9-15-19(26)23-24(20(15)27)14-7-5-4-6-8-14/h4-12H,3H2,1-2H3,(H,23,26). The van der Waals surface area contributed by atoms with Crippen LogP contribution < -0.4 is 15.2 Å². The van der Waals surface area contributed by atoms with E-state index in [9.17, 15) is 24.5 Å². The minimum Gasteiger partial charge on any atom is -0.471 e. The topological polar surface area (TPSA) is 128 Å². The number of rotatable bonds is 7. The fraction of sp³-hybridized carbons (Fsp3) is 0.190. The number of halogens is 1. The lowest BCUT2D eigenvalue weighted by Crippen LogP contribution is -2.35. The van der Waals surface area contributed by atoms with E-state index in [1.54, 1.807) is 37.3 Å². The minimum atomic E-state index is -1.14. The first kappa shape index (κ1) is 22.8. The molecule has 0 aliphatic carbocycles. The first-order valence-electron chi connectivity index (χ1n) is 9.46. The van der Waals surface area contributed by atoms with Gasteiger partial charge in [0.05, 0.1) is 22.2 Å². The zero-order valence-corrected chi connectivity index (χ0v) is 17.8. The molecule has 0 radical (unpaired) electrons. The number of hydrogen-bond acceptors (Lipinski definition) is 7. The molecule has 1 aliphatic rings. The highest BCUT2D eigenvalue weighted by Crippen LogP contribution is 2.38. The predicted octanol–water partition coefficient (Wildman–Crippen LogP) is 3.04. The van der Waals surface area contributed by atoms with Gasteiger partial charge in [0.2, 0.25) is 5.75 Å². The molecule has 0 aromatic heterocycles. The molecule has 0 bridgehead atoms. The molecule has 11 heteroatoms. The molecule has 1 heterocycles. The van der Waals surface area contributed by atoms with Gasteiger partial charge in [0.25, 0.3) is 11.8 Å². The van der Waals surface area contributed by atoms with Crippen LogP contribution in [0.25, 0.3) is 6.08 Å². The first-order chi connectivity index (χ1) is 15.2. The molecule has 1 atom stereocenters. The third-order valence-electron chi connectivity index (χ3n) is 4.37. The molecule has 2 aromatic carbocycles. The molecule has 3 rings (SSSR count). The molecule has 0 saturated carbocycles. The number of hydrazine groups is 1. The first-order valence-corrected chi connectivity index (χ1v) is 9.84. The number of nitro groups is 1. The van der Waals surface area contributed by atoms with Crippen molar-refractivity contribution in [1.82, 2.24) is 5.43 Å². The molecule has 1 aliphatic heterocycles. The van der Waals surface area contributed by atoms with Crippen molar-refractivity contribution in [3.05, 3.63) is 68.7 Å². The van der Waals surface area contributed by atoms with E-state index in [1.165, 1.54) is 19.1 Å². The quantitative estimate of drug-likeness (QED) is 0.221. The molecule has 2 aromatic rings. The fourth-order valence-corrected chi connectivity index (χ4v) is 3.17. The predicted molar refractivity (Wildman–Crippen MR) is 115 cm³/mol. The lowest BCUT2D eigenvalue weighted by molar-refractivity contribution is -0.386. The van der Waals surface area contributed by atoms with E-state index in [-0.39, 0.29) is 28.5 Å². The maximum Gasteiger partial charge on any atom is 0.347 e. The van der Waals surface area contributed by atoms with Crippen molar-refractivity contribution >= 4 is 46.8 Å². The van der Waals surface area contributed by atoms with E-state index in [0.717, 1.165) is 11.1 Å². The maximum absolute atomic E-state index is 12.7. The van der Waals surface area contributed by atoms with Crippen LogP contribution in [0.3, 0.4) is 0 Å². The second kappa shape index (κ2) is 9.48. The number of nitrogens with zero attached hydrogens (tertiary/aromatic N) is 2. The Morgan fingerprint density at radius 2 is 1.97 bits per heavy atom. The fourth-order valence-electron chi connectivity index (χ4n) is 2.90. The van der Waals surface area contributed by atoms with Crippen LogP contribution >= 0.6 is 11.6 Å². The molecule has 1 N–H and O–H groups in total. The number of anilines is 1. The Kier molecular flexibility index (Phi) is 6.74. The second-order valence-electron chi connectivity index (χ2n) is 6.60. The van der Waals surface area contributed by atoms with E-state index >= 15 is 0 Å². The normalized spacial score (nSPS) is 15.5. The van der Waals surface area contributed by atoms with Gasteiger partial charge < -0.3 is 9.47 Å². The average Bonchev–Trinajstić information content (AvgIpc) is 3.04. The number of ether oxygens (including phenoxy) is 2. The van der Waals surface area contributed by atoms with Gasteiger partial charge in [-0.1, -0.05) is 29.8 Å². The number of benzene rings is 2. The number of carbonyl (C=O) groups excluding carboxylic acids is 3. The Morgan fingerprint density at radius 1 is 1.28 bits per heavy atom. The SMILES string of the molecule is CCOC(=O)C(C)Oc1c(Cl)cc(C=C2C(=O)NN(c3ccccc3)C2=O)cc1[N+](=O)[O-]. The molecule has 166 valence electrons. The van der Waals surface area contributed by atoms with Gasteiger partial charge in [0.1, 0.15) is 5.57 Å². The van der Waals surface area contributed by atoms with Gasteiger partial charge >= 0.3 is 11.7 Å². The third kappa shape index (κ3) is 4.70. The summed E-state index contributed by atoms with van der Waals surface area (Å²) in [6.45, 7) is 3.10. The van der Waals surface area contributed by atoms with E-state index in [1.807, 2.05) is 0 Å². The summed E-state index contributed by atoms with van der Waals surface area (Å²) in [4.78, 5) is 47.7. The van der Waals surface area contributed by atoms with Crippen LogP contribution in [0, 0.1) is 10.1 Å². The van der Waals surface area contributed by atoms with Crippen molar-refractivity contribution in [3.8, 4) is 5.75 Å². The summed E-state index contributed by atoms with van der Waals surface area (Å²) in [6, 6.07) is 10.8. The number of nitrogens with one attached hydrogen (secondary N) is 1. The van der Waals surface area contributed by atoms with E-state index in [4.69, 9.17) is 21.1 Å². The van der Waals surface area contributed by atoms with Crippen molar-refractivity contribution in [3.63, 3.8) is 0 Å². The number of hydrogen-bond donors (Lipinski definition) is 1.